The van der Waals surface area contributed by atoms with Crippen LogP contribution in [0.1, 0.15) is 57.9 Å². The minimum Gasteiger partial charge on any atom is -0.312 e. The molecule has 31 heavy (non-hydrogen) atoms. The normalized spacial score (nSPS) is 13.7. The van der Waals surface area contributed by atoms with Gasteiger partial charge in [0, 0.05) is 32.4 Å². The first-order valence-corrected chi connectivity index (χ1v) is 11.6. The molecular weight excluding hydrogens is 390 g/mol. The number of imidazole rings is 1. The fourth-order valence-corrected chi connectivity index (χ4v) is 4.49. The molecule has 7 nitrogen and oxygen atoms in total. The fourth-order valence-electron chi connectivity index (χ4n) is 4.49. The largest absolute Gasteiger partial charge is 0.332 e. The topological polar surface area (TPSA) is 65.1 Å². The summed E-state index contributed by atoms with van der Waals surface area (Å²) in [5.41, 5.74) is 2.89. The Balaban J connectivity index is 1.75. The Hall–Kier alpha value is -2.83. The second-order valence-corrected chi connectivity index (χ2v) is 8.47. The van der Waals surface area contributed by atoms with Crippen LogP contribution in [-0.2, 0) is 26.6 Å². The van der Waals surface area contributed by atoms with Crippen LogP contribution in [0.3, 0.4) is 0 Å². The molecule has 2 aromatic heterocycles. The van der Waals surface area contributed by atoms with Gasteiger partial charge in [0.05, 0.1) is 0 Å². The predicted octanol–water partition coefficient (Wildman–Crippen LogP) is 3.97. The number of unbranched alkanes of at least 4 members (excludes halogenated alkanes) is 4. The van der Waals surface area contributed by atoms with Crippen molar-refractivity contribution in [2.24, 2.45) is 7.05 Å². The number of hydrogen-bond acceptors (Lipinski definition) is 4. The summed E-state index contributed by atoms with van der Waals surface area (Å²) in [6.45, 7) is 6.37. The molecule has 0 unspecified atom stereocenters. The third-order valence-corrected chi connectivity index (χ3v) is 6.36. The van der Waals surface area contributed by atoms with E-state index < -0.39 is 0 Å². The first-order valence-electron chi connectivity index (χ1n) is 11.6. The highest BCUT2D eigenvalue weighted by molar-refractivity contribution is 5.77. The van der Waals surface area contributed by atoms with Gasteiger partial charge in [-0.1, -0.05) is 51.7 Å². The maximum atomic E-state index is 13.4. The molecule has 0 atom stereocenters. The van der Waals surface area contributed by atoms with Gasteiger partial charge in [-0.25, -0.2) is 4.79 Å². The highest BCUT2D eigenvalue weighted by Crippen LogP contribution is 2.31. The van der Waals surface area contributed by atoms with Crippen molar-refractivity contribution in [3.8, 4) is 0 Å². The smallest absolute Gasteiger partial charge is 0.312 e. The van der Waals surface area contributed by atoms with Gasteiger partial charge >= 0.3 is 5.69 Å². The van der Waals surface area contributed by atoms with Crippen LogP contribution in [-0.4, -0.2) is 25.2 Å². The molecule has 1 aliphatic heterocycles. The van der Waals surface area contributed by atoms with Gasteiger partial charge in [0.2, 0.25) is 5.95 Å². The van der Waals surface area contributed by atoms with Crippen LogP contribution in [0, 0.1) is 0 Å². The van der Waals surface area contributed by atoms with E-state index in [1.54, 1.807) is 7.05 Å². The van der Waals surface area contributed by atoms with Crippen molar-refractivity contribution in [1.82, 2.24) is 18.7 Å². The molecule has 166 valence electrons. The van der Waals surface area contributed by atoms with Gasteiger partial charge in [-0.05, 0) is 37.0 Å². The van der Waals surface area contributed by atoms with Crippen molar-refractivity contribution in [1.29, 1.82) is 0 Å². The molecule has 3 aromatic rings. The quantitative estimate of drug-likeness (QED) is 0.514. The van der Waals surface area contributed by atoms with E-state index in [2.05, 4.69) is 43.0 Å². The van der Waals surface area contributed by atoms with Gasteiger partial charge in [-0.2, -0.15) is 4.98 Å². The van der Waals surface area contributed by atoms with Crippen LogP contribution < -0.4 is 16.1 Å². The molecule has 4 rings (SSSR count). The Kier molecular flexibility index (Phi) is 6.30. The van der Waals surface area contributed by atoms with Crippen LogP contribution >= 0.6 is 0 Å². The SMILES string of the molecule is CCCCCCCn1c(=O)c2c(nc3n2CCCN3c2ccc(CC)cc2)n(C)c1=O. The summed E-state index contributed by atoms with van der Waals surface area (Å²) in [6, 6.07) is 8.50. The van der Waals surface area contributed by atoms with E-state index in [9.17, 15) is 9.59 Å². The molecule has 1 aromatic carbocycles. The van der Waals surface area contributed by atoms with E-state index in [0.29, 0.717) is 17.7 Å². The Morgan fingerprint density at radius 2 is 1.71 bits per heavy atom. The van der Waals surface area contributed by atoms with Crippen molar-refractivity contribution in [3.63, 3.8) is 0 Å². The molecule has 0 spiro atoms. The molecule has 0 amide bonds. The van der Waals surface area contributed by atoms with Crippen molar-refractivity contribution >= 4 is 22.8 Å². The van der Waals surface area contributed by atoms with Gasteiger partial charge in [0.1, 0.15) is 0 Å². The van der Waals surface area contributed by atoms with Crippen LogP contribution in [0.25, 0.3) is 11.2 Å². The van der Waals surface area contributed by atoms with E-state index in [1.807, 2.05) is 4.57 Å². The Labute approximate surface area is 182 Å². The van der Waals surface area contributed by atoms with Gasteiger partial charge < -0.3 is 9.47 Å². The van der Waals surface area contributed by atoms with Crippen molar-refractivity contribution in [2.45, 2.75) is 71.9 Å². The van der Waals surface area contributed by atoms with Crippen molar-refractivity contribution < 1.29 is 0 Å². The van der Waals surface area contributed by atoms with E-state index in [4.69, 9.17) is 4.98 Å². The summed E-state index contributed by atoms with van der Waals surface area (Å²) in [6.07, 6.45) is 7.31. The molecule has 0 N–H and O–H groups in total. The zero-order valence-corrected chi connectivity index (χ0v) is 18.9. The van der Waals surface area contributed by atoms with Gasteiger partial charge in [-0.3, -0.25) is 13.9 Å². The predicted molar refractivity (Wildman–Crippen MR) is 125 cm³/mol. The van der Waals surface area contributed by atoms with E-state index in [1.165, 1.54) is 27.5 Å². The van der Waals surface area contributed by atoms with Crippen LogP contribution in [0.15, 0.2) is 33.9 Å². The van der Waals surface area contributed by atoms with Crippen LogP contribution in [0.5, 0.6) is 0 Å². The molecular formula is C24H33N5O2. The maximum absolute atomic E-state index is 13.4. The number of fused-ring (bicyclic) bond motifs is 3. The van der Waals surface area contributed by atoms with Gasteiger partial charge in [0.15, 0.2) is 11.2 Å². The van der Waals surface area contributed by atoms with E-state index in [-0.39, 0.29) is 11.2 Å². The average Bonchev–Trinajstić information content (AvgIpc) is 3.19. The average molecular weight is 424 g/mol. The highest BCUT2D eigenvalue weighted by Gasteiger charge is 2.26. The van der Waals surface area contributed by atoms with Crippen LogP contribution in [0.2, 0.25) is 0 Å². The number of aryl methyl sites for hydroxylation is 3. The zero-order valence-electron chi connectivity index (χ0n) is 18.9. The van der Waals surface area contributed by atoms with Crippen molar-refractivity contribution in [2.75, 3.05) is 11.4 Å². The standard InChI is InChI=1S/C24H33N5O2/c1-4-6-7-8-9-15-29-22(30)20-21(26(3)24(29)31)25-23-27(16-10-17-28(20)23)19-13-11-18(5-2)12-14-19/h11-14H,4-10,15-17H2,1-3H3. The highest BCUT2D eigenvalue weighted by atomic mass is 16.2. The Morgan fingerprint density at radius 3 is 2.42 bits per heavy atom. The number of benzene rings is 1. The first-order chi connectivity index (χ1) is 15.1. The molecule has 3 heterocycles. The third-order valence-electron chi connectivity index (χ3n) is 6.36. The summed E-state index contributed by atoms with van der Waals surface area (Å²) in [7, 11) is 1.72. The second kappa shape index (κ2) is 9.12. The zero-order chi connectivity index (χ0) is 22.0. The number of hydrogen-bond donors (Lipinski definition) is 0. The second-order valence-electron chi connectivity index (χ2n) is 8.47. The summed E-state index contributed by atoms with van der Waals surface area (Å²) < 4.78 is 4.94. The van der Waals surface area contributed by atoms with E-state index >= 15 is 0 Å². The summed E-state index contributed by atoms with van der Waals surface area (Å²) in [5, 5.41) is 0. The lowest BCUT2D eigenvalue weighted by molar-refractivity contribution is 0.529. The van der Waals surface area contributed by atoms with Crippen molar-refractivity contribution in [3.05, 3.63) is 50.7 Å². The minimum atomic E-state index is -0.276. The monoisotopic (exact) mass is 423 g/mol. The first kappa shape index (κ1) is 21.4. The minimum absolute atomic E-state index is 0.212. The molecule has 7 heteroatoms. The molecule has 0 saturated carbocycles. The Morgan fingerprint density at radius 1 is 0.968 bits per heavy atom. The fraction of sp³-hybridized carbons (Fsp3) is 0.542. The summed E-state index contributed by atoms with van der Waals surface area (Å²) >= 11 is 0. The molecule has 0 bridgehead atoms. The molecule has 0 radical (unpaired) electrons. The molecule has 1 aliphatic rings. The lowest BCUT2D eigenvalue weighted by atomic mass is 10.1. The van der Waals surface area contributed by atoms with Gasteiger partial charge in [-0.15, -0.1) is 0 Å². The summed E-state index contributed by atoms with van der Waals surface area (Å²) in [4.78, 5) is 33.2. The van der Waals surface area contributed by atoms with E-state index in [0.717, 1.165) is 56.8 Å². The number of nitrogens with zero attached hydrogens (tertiary/aromatic N) is 5. The lowest BCUT2D eigenvalue weighted by Gasteiger charge is -2.29. The lowest BCUT2D eigenvalue weighted by Crippen LogP contribution is -2.40. The number of anilines is 2. The molecule has 0 aliphatic carbocycles. The third kappa shape index (κ3) is 3.93. The van der Waals surface area contributed by atoms with Crippen LogP contribution in [0.4, 0.5) is 11.6 Å². The molecule has 0 saturated heterocycles. The Bertz CT molecular complexity index is 1170. The number of rotatable bonds is 8. The maximum Gasteiger partial charge on any atom is 0.332 e. The summed E-state index contributed by atoms with van der Waals surface area (Å²) in [5.74, 6) is 0.748. The van der Waals surface area contributed by atoms with Gasteiger partial charge in [0.25, 0.3) is 5.56 Å². The number of aromatic nitrogens is 4. The molecule has 0 fully saturated rings.